The summed E-state index contributed by atoms with van der Waals surface area (Å²) in [6, 6.07) is 8.45. The van der Waals surface area contributed by atoms with Gasteiger partial charge in [0.15, 0.2) is 0 Å². The first-order valence-electron chi connectivity index (χ1n) is 8.69. The molecule has 0 aromatic heterocycles. The van der Waals surface area contributed by atoms with Gasteiger partial charge >= 0.3 is 0 Å². The molecule has 24 heavy (non-hydrogen) atoms. The van der Waals surface area contributed by atoms with E-state index < -0.39 is 10.1 Å². The van der Waals surface area contributed by atoms with Crippen molar-refractivity contribution in [1.29, 1.82) is 0 Å². The molecule has 0 spiro atoms. The number of rotatable bonds is 6. The second kappa shape index (κ2) is 6.92. The van der Waals surface area contributed by atoms with Gasteiger partial charge in [0.25, 0.3) is 10.1 Å². The molecule has 1 atom stereocenters. The third-order valence-corrected chi connectivity index (χ3v) is 5.93. The van der Waals surface area contributed by atoms with Crippen LogP contribution in [0.15, 0.2) is 24.3 Å². The highest BCUT2D eigenvalue weighted by atomic mass is 32.2. The molecule has 1 aromatic rings. The first kappa shape index (κ1) is 17.5. The van der Waals surface area contributed by atoms with Crippen LogP contribution in [0, 0.1) is 5.41 Å². The third kappa shape index (κ3) is 4.03. The average Bonchev–Trinajstić information content (AvgIpc) is 3.37. The van der Waals surface area contributed by atoms with Crippen LogP contribution < -0.4 is 9.64 Å². The lowest BCUT2D eigenvalue weighted by molar-refractivity contribution is 0.130. The van der Waals surface area contributed by atoms with Gasteiger partial charge in [0.1, 0.15) is 5.75 Å². The van der Waals surface area contributed by atoms with Crippen LogP contribution in [0.2, 0.25) is 0 Å². The van der Waals surface area contributed by atoms with Gasteiger partial charge in [-0.15, -0.1) is 0 Å². The van der Waals surface area contributed by atoms with Crippen molar-refractivity contribution in [1.82, 2.24) is 0 Å². The van der Waals surface area contributed by atoms with Crippen molar-refractivity contribution < 1.29 is 17.3 Å². The lowest BCUT2D eigenvalue weighted by Gasteiger charge is -2.32. The molecule has 1 aliphatic heterocycles. The predicted octanol–water partition coefficient (Wildman–Crippen LogP) is 3.20. The van der Waals surface area contributed by atoms with Gasteiger partial charge in [-0.1, -0.05) is 25.7 Å². The quantitative estimate of drug-likeness (QED) is 0.447. The van der Waals surface area contributed by atoms with Crippen LogP contribution in [0.1, 0.15) is 38.5 Å². The molecule has 0 amide bonds. The molecule has 0 radical (unpaired) electrons. The van der Waals surface area contributed by atoms with Crippen LogP contribution in [-0.4, -0.2) is 41.0 Å². The highest BCUT2D eigenvalue weighted by Gasteiger charge is 2.51. The van der Waals surface area contributed by atoms with Gasteiger partial charge < -0.3 is 9.64 Å². The SMILES string of the molecule is COc1ccc(N2C[C@@H]2C2(COS(C)(=O)=O)CCCCCC2)cc1. The summed E-state index contributed by atoms with van der Waals surface area (Å²) < 4.78 is 33.5. The zero-order chi connectivity index (χ0) is 17.2. The summed E-state index contributed by atoms with van der Waals surface area (Å²) in [5.41, 5.74) is 1.11. The van der Waals surface area contributed by atoms with E-state index >= 15 is 0 Å². The standard InChI is InChI=1S/C18H27NO4S/c1-22-16-9-7-15(8-10-16)19-13-17(19)18(14-23-24(2,20)21)11-5-3-4-6-12-18/h7-10,17H,3-6,11-14H2,1-2H3/t17-,19?/m1/s1. The monoisotopic (exact) mass is 353 g/mol. The topological polar surface area (TPSA) is 55.6 Å². The van der Waals surface area contributed by atoms with Gasteiger partial charge in [0.05, 0.1) is 26.0 Å². The van der Waals surface area contributed by atoms with E-state index in [1.54, 1.807) is 7.11 Å². The fourth-order valence-corrected chi connectivity index (χ4v) is 4.40. The predicted molar refractivity (Wildman–Crippen MR) is 95.1 cm³/mol. The number of ether oxygens (including phenoxy) is 1. The Hall–Kier alpha value is -1.27. The van der Waals surface area contributed by atoms with Crippen LogP contribution in [0.3, 0.4) is 0 Å². The molecular formula is C18H27NO4S. The van der Waals surface area contributed by atoms with E-state index in [0.29, 0.717) is 12.6 Å². The van der Waals surface area contributed by atoms with E-state index in [2.05, 4.69) is 17.0 Å². The molecule has 2 fully saturated rings. The summed E-state index contributed by atoms with van der Waals surface area (Å²) in [6.45, 7) is 1.28. The van der Waals surface area contributed by atoms with Crippen molar-refractivity contribution in [2.45, 2.75) is 44.6 Å². The number of benzene rings is 1. The first-order chi connectivity index (χ1) is 11.4. The molecule has 6 heteroatoms. The number of anilines is 1. The van der Waals surface area contributed by atoms with E-state index in [1.165, 1.54) is 18.5 Å². The smallest absolute Gasteiger partial charge is 0.264 e. The molecule has 0 unspecified atom stereocenters. The van der Waals surface area contributed by atoms with Gasteiger partial charge in [-0.3, -0.25) is 4.18 Å². The number of hydrogen-bond donors (Lipinski definition) is 0. The molecule has 1 aliphatic carbocycles. The van der Waals surface area contributed by atoms with Crippen molar-refractivity contribution >= 4 is 15.8 Å². The minimum absolute atomic E-state index is 0.0560. The molecule has 2 aliphatic rings. The van der Waals surface area contributed by atoms with Crippen molar-refractivity contribution in [3.05, 3.63) is 24.3 Å². The van der Waals surface area contributed by atoms with Crippen LogP contribution in [0.25, 0.3) is 0 Å². The molecule has 1 saturated carbocycles. The summed E-state index contributed by atoms with van der Waals surface area (Å²) in [6.07, 6.45) is 8.00. The lowest BCUT2D eigenvalue weighted by atomic mass is 9.78. The Morgan fingerprint density at radius 1 is 1.12 bits per heavy atom. The number of methoxy groups -OCH3 is 1. The number of hydrogen-bond acceptors (Lipinski definition) is 5. The van der Waals surface area contributed by atoms with Crippen molar-refractivity contribution in [3.8, 4) is 5.75 Å². The Morgan fingerprint density at radius 2 is 1.75 bits per heavy atom. The van der Waals surface area contributed by atoms with Crippen LogP contribution in [0.4, 0.5) is 5.69 Å². The molecular weight excluding hydrogens is 326 g/mol. The zero-order valence-corrected chi connectivity index (χ0v) is 15.3. The minimum atomic E-state index is -3.41. The molecule has 0 N–H and O–H groups in total. The van der Waals surface area contributed by atoms with Crippen LogP contribution in [0.5, 0.6) is 5.75 Å². The van der Waals surface area contributed by atoms with Crippen molar-refractivity contribution in [2.24, 2.45) is 5.41 Å². The molecule has 134 valence electrons. The second-order valence-electron chi connectivity index (χ2n) is 7.11. The number of nitrogens with zero attached hydrogens (tertiary/aromatic N) is 1. The van der Waals surface area contributed by atoms with Gasteiger partial charge in [-0.05, 0) is 37.1 Å². The van der Waals surface area contributed by atoms with Gasteiger partial charge in [0, 0.05) is 17.6 Å². The van der Waals surface area contributed by atoms with E-state index in [9.17, 15) is 8.42 Å². The summed E-state index contributed by atoms with van der Waals surface area (Å²) >= 11 is 0. The van der Waals surface area contributed by atoms with Gasteiger partial charge in [-0.25, -0.2) is 0 Å². The maximum Gasteiger partial charge on any atom is 0.264 e. The van der Waals surface area contributed by atoms with Gasteiger partial charge in [-0.2, -0.15) is 8.42 Å². The summed E-state index contributed by atoms with van der Waals surface area (Å²) in [7, 11) is -1.74. The molecule has 3 rings (SSSR count). The van der Waals surface area contributed by atoms with Crippen molar-refractivity contribution in [2.75, 3.05) is 31.4 Å². The highest BCUT2D eigenvalue weighted by Crippen LogP contribution is 2.48. The second-order valence-corrected chi connectivity index (χ2v) is 8.75. The fourth-order valence-electron chi connectivity index (χ4n) is 3.95. The van der Waals surface area contributed by atoms with E-state index in [0.717, 1.165) is 44.2 Å². The fraction of sp³-hybridized carbons (Fsp3) is 0.667. The molecule has 5 nitrogen and oxygen atoms in total. The van der Waals surface area contributed by atoms with E-state index in [1.807, 2.05) is 12.1 Å². The Bertz CT molecular complexity index is 648. The van der Waals surface area contributed by atoms with E-state index in [4.69, 9.17) is 8.92 Å². The van der Waals surface area contributed by atoms with Crippen LogP contribution >= 0.6 is 0 Å². The van der Waals surface area contributed by atoms with Crippen molar-refractivity contribution in [3.63, 3.8) is 0 Å². The Kier molecular flexibility index (Phi) is 5.06. The average molecular weight is 353 g/mol. The lowest BCUT2D eigenvalue weighted by Crippen LogP contribution is -2.35. The maximum absolute atomic E-state index is 11.5. The molecule has 1 saturated heterocycles. The first-order valence-corrected chi connectivity index (χ1v) is 10.5. The molecule has 0 bridgehead atoms. The molecule has 1 aromatic carbocycles. The van der Waals surface area contributed by atoms with Gasteiger partial charge in [0.2, 0.25) is 0 Å². The zero-order valence-electron chi connectivity index (χ0n) is 14.5. The summed E-state index contributed by atoms with van der Waals surface area (Å²) in [5, 5.41) is 0. The Balaban J connectivity index is 1.76. The largest absolute Gasteiger partial charge is 0.497 e. The molecule has 1 heterocycles. The normalized spacial score (nSPS) is 23.6. The summed E-state index contributed by atoms with van der Waals surface area (Å²) in [5.74, 6) is 0.849. The third-order valence-electron chi connectivity index (χ3n) is 5.38. The summed E-state index contributed by atoms with van der Waals surface area (Å²) in [4.78, 5) is 2.36. The highest BCUT2D eigenvalue weighted by molar-refractivity contribution is 7.85. The minimum Gasteiger partial charge on any atom is -0.497 e. The van der Waals surface area contributed by atoms with E-state index in [-0.39, 0.29) is 5.41 Å². The Labute approximate surface area is 145 Å². The Morgan fingerprint density at radius 3 is 2.29 bits per heavy atom. The van der Waals surface area contributed by atoms with Crippen LogP contribution in [-0.2, 0) is 14.3 Å². The maximum atomic E-state index is 11.5.